The second-order valence-electron chi connectivity index (χ2n) is 7.12. The van der Waals surface area contributed by atoms with Crippen LogP contribution in [0, 0.1) is 0 Å². The summed E-state index contributed by atoms with van der Waals surface area (Å²) in [5, 5.41) is 11.2. The minimum atomic E-state index is -0.149. The van der Waals surface area contributed by atoms with Crippen molar-refractivity contribution in [1.29, 1.82) is 0 Å². The average molecular weight is 509 g/mol. The average Bonchev–Trinajstić information content (AvgIpc) is 3.10. The van der Waals surface area contributed by atoms with E-state index in [1.807, 2.05) is 60.7 Å². The number of methoxy groups -OCH3 is 1. The van der Waals surface area contributed by atoms with Crippen molar-refractivity contribution >= 4 is 44.8 Å². The highest BCUT2D eigenvalue weighted by atomic mass is 79.9. The summed E-state index contributed by atoms with van der Waals surface area (Å²) in [6.45, 7) is 0.899. The van der Waals surface area contributed by atoms with E-state index in [-0.39, 0.29) is 11.7 Å². The van der Waals surface area contributed by atoms with Gasteiger partial charge in [-0.3, -0.25) is 14.7 Å². The van der Waals surface area contributed by atoms with Gasteiger partial charge in [-0.25, -0.2) is 0 Å². The molecule has 0 unspecified atom stereocenters. The van der Waals surface area contributed by atoms with Gasteiger partial charge >= 0.3 is 0 Å². The lowest BCUT2D eigenvalue weighted by Gasteiger charge is -2.15. The van der Waals surface area contributed by atoms with Crippen LogP contribution in [0.25, 0.3) is 6.08 Å². The first-order chi connectivity index (χ1) is 15.5. The third-order valence-electron chi connectivity index (χ3n) is 4.89. The van der Waals surface area contributed by atoms with Crippen molar-refractivity contribution in [2.24, 2.45) is 4.99 Å². The SMILES string of the molecule is COc1cc(Br)cc(/C=C2/SC(=NCc3ccccc3)N(Cc3ccccc3)C2=O)c1O. The number of phenols is 1. The minimum Gasteiger partial charge on any atom is -0.504 e. The molecule has 1 N–H and O–H groups in total. The van der Waals surface area contributed by atoms with Crippen LogP contribution in [-0.4, -0.2) is 28.2 Å². The Balaban J connectivity index is 1.68. The van der Waals surface area contributed by atoms with Crippen LogP contribution in [-0.2, 0) is 17.9 Å². The zero-order valence-corrected chi connectivity index (χ0v) is 19.8. The van der Waals surface area contributed by atoms with E-state index in [0.717, 1.165) is 15.6 Å². The number of aliphatic imine (C=N–C) groups is 1. The topological polar surface area (TPSA) is 62.1 Å². The molecule has 0 saturated carbocycles. The molecule has 0 bridgehead atoms. The zero-order valence-electron chi connectivity index (χ0n) is 17.4. The smallest absolute Gasteiger partial charge is 0.267 e. The van der Waals surface area contributed by atoms with Crippen LogP contribution in [0.1, 0.15) is 16.7 Å². The standard InChI is InChI=1S/C25H21BrN2O3S/c1-31-21-14-20(26)12-19(23(21)29)13-22-24(30)28(16-18-10-6-3-7-11-18)25(32-22)27-15-17-8-4-2-5-9-17/h2-14,29H,15-16H2,1H3/b22-13+,27-25?. The first-order valence-electron chi connectivity index (χ1n) is 9.95. The summed E-state index contributed by atoms with van der Waals surface area (Å²) in [4.78, 5) is 20.2. The number of phenolic OH excluding ortho intramolecular Hbond substituents is 1. The second kappa shape index (κ2) is 10.1. The fourth-order valence-electron chi connectivity index (χ4n) is 3.27. The number of benzene rings is 3. The predicted octanol–water partition coefficient (Wildman–Crippen LogP) is 5.84. The molecule has 0 atom stereocenters. The molecular weight excluding hydrogens is 488 g/mol. The Hall–Kier alpha value is -3.03. The summed E-state index contributed by atoms with van der Waals surface area (Å²) in [7, 11) is 1.49. The highest BCUT2D eigenvalue weighted by Crippen LogP contribution is 2.39. The molecule has 1 amide bonds. The van der Waals surface area contributed by atoms with Gasteiger partial charge in [0.05, 0.1) is 25.1 Å². The fraction of sp³-hybridized carbons (Fsp3) is 0.120. The van der Waals surface area contributed by atoms with Crippen LogP contribution in [0.4, 0.5) is 0 Å². The molecule has 162 valence electrons. The maximum absolute atomic E-state index is 13.3. The van der Waals surface area contributed by atoms with Crippen molar-refractivity contribution in [3.63, 3.8) is 0 Å². The number of ether oxygens (including phenoxy) is 1. The molecule has 0 radical (unpaired) electrons. The molecule has 0 aliphatic carbocycles. The predicted molar refractivity (Wildman–Crippen MR) is 132 cm³/mol. The van der Waals surface area contributed by atoms with Crippen LogP contribution in [0.15, 0.2) is 87.2 Å². The summed E-state index contributed by atoms with van der Waals surface area (Å²) in [6.07, 6.45) is 1.68. The van der Waals surface area contributed by atoms with Gasteiger partial charge < -0.3 is 9.84 Å². The Morgan fingerprint density at radius 1 is 1.06 bits per heavy atom. The normalized spacial score (nSPS) is 16.2. The van der Waals surface area contributed by atoms with Crippen molar-refractivity contribution in [2.75, 3.05) is 7.11 Å². The van der Waals surface area contributed by atoms with Crippen molar-refractivity contribution in [3.05, 3.63) is 98.9 Å². The number of nitrogens with zero attached hydrogens (tertiary/aromatic N) is 2. The molecule has 1 aliphatic rings. The van der Waals surface area contributed by atoms with Gasteiger partial charge in [0.15, 0.2) is 16.7 Å². The molecular formula is C25H21BrN2O3S. The summed E-state index contributed by atoms with van der Waals surface area (Å²) < 4.78 is 5.98. The van der Waals surface area contributed by atoms with Gasteiger partial charge in [0.25, 0.3) is 5.91 Å². The van der Waals surface area contributed by atoms with Gasteiger partial charge in [0.1, 0.15) is 0 Å². The Labute approximate surface area is 199 Å². The maximum Gasteiger partial charge on any atom is 0.267 e. The van der Waals surface area contributed by atoms with E-state index >= 15 is 0 Å². The number of rotatable bonds is 6. The molecule has 32 heavy (non-hydrogen) atoms. The van der Waals surface area contributed by atoms with Gasteiger partial charge in [0, 0.05) is 10.0 Å². The maximum atomic E-state index is 13.3. The van der Waals surface area contributed by atoms with E-state index < -0.39 is 0 Å². The number of carbonyl (C=O) groups is 1. The van der Waals surface area contributed by atoms with Crippen molar-refractivity contribution < 1.29 is 14.6 Å². The van der Waals surface area contributed by atoms with Crippen molar-refractivity contribution in [2.45, 2.75) is 13.1 Å². The van der Waals surface area contributed by atoms with E-state index in [1.165, 1.54) is 18.9 Å². The molecule has 0 spiro atoms. The number of hydrogen-bond acceptors (Lipinski definition) is 5. The summed E-state index contributed by atoms with van der Waals surface area (Å²) in [5.41, 5.74) is 2.58. The number of halogens is 1. The van der Waals surface area contributed by atoms with Crippen molar-refractivity contribution in [3.8, 4) is 11.5 Å². The van der Waals surface area contributed by atoms with E-state index in [2.05, 4.69) is 15.9 Å². The number of amidine groups is 1. The number of carbonyl (C=O) groups excluding carboxylic acids is 1. The largest absolute Gasteiger partial charge is 0.504 e. The second-order valence-corrected chi connectivity index (χ2v) is 9.04. The highest BCUT2D eigenvalue weighted by molar-refractivity contribution is 9.10. The van der Waals surface area contributed by atoms with Crippen molar-refractivity contribution in [1.82, 2.24) is 4.90 Å². The molecule has 0 aromatic heterocycles. The number of thioether (sulfide) groups is 1. The molecule has 5 nitrogen and oxygen atoms in total. The number of hydrogen-bond donors (Lipinski definition) is 1. The number of amides is 1. The molecule has 1 heterocycles. The van der Waals surface area contributed by atoms with Crippen LogP contribution >= 0.6 is 27.7 Å². The number of aromatic hydroxyl groups is 1. The molecule has 1 fully saturated rings. The summed E-state index contributed by atoms with van der Waals surface area (Å²) in [5.74, 6) is 0.172. The summed E-state index contributed by atoms with van der Waals surface area (Å²) in [6, 6.07) is 23.2. The monoisotopic (exact) mass is 508 g/mol. The molecule has 3 aromatic rings. The first-order valence-corrected chi connectivity index (χ1v) is 11.6. The van der Waals surface area contributed by atoms with Gasteiger partial charge in [-0.05, 0) is 41.1 Å². The lowest BCUT2D eigenvalue weighted by molar-refractivity contribution is -0.122. The third-order valence-corrected chi connectivity index (χ3v) is 6.39. The summed E-state index contributed by atoms with van der Waals surface area (Å²) >= 11 is 4.73. The van der Waals surface area contributed by atoms with Crippen LogP contribution < -0.4 is 4.74 Å². The molecule has 7 heteroatoms. The highest BCUT2D eigenvalue weighted by Gasteiger charge is 2.33. The lowest BCUT2D eigenvalue weighted by Crippen LogP contribution is -2.28. The molecule has 1 aliphatic heterocycles. The van der Waals surface area contributed by atoms with Crippen LogP contribution in [0.2, 0.25) is 0 Å². The Bertz CT molecular complexity index is 1180. The van der Waals surface area contributed by atoms with Crippen LogP contribution in [0.3, 0.4) is 0 Å². The quantitative estimate of drug-likeness (QED) is 0.425. The first kappa shape index (κ1) is 22.2. The van der Waals surface area contributed by atoms with E-state index in [0.29, 0.717) is 34.5 Å². The Kier molecular flexibility index (Phi) is 6.97. The molecule has 4 rings (SSSR count). The van der Waals surface area contributed by atoms with Gasteiger partial charge in [-0.2, -0.15) is 0 Å². The van der Waals surface area contributed by atoms with Gasteiger partial charge in [-0.15, -0.1) is 0 Å². The third kappa shape index (κ3) is 5.06. The molecule has 3 aromatic carbocycles. The minimum absolute atomic E-state index is 0.0131. The van der Waals surface area contributed by atoms with Gasteiger partial charge in [0.2, 0.25) is 0 Å². The van der Waals surface area contributed by atoms with E-state index in [9.17, 15) is 9.90 Å². The van der Waals surface area contributed by atoms with Crippen LogP contribution in [0.5, 0.6) is 11.5 Å². The van der Waals surface area contributed by atoms with Gasteiger partial charge in [-0.1, -0.05) is 76.6 Å². The Morgan fingerprint density at radius 2 is 1.72 bits per heavy atom. The fourth-order valence-corrected chi connectivity index (χ4v) is 4.70. The zero-order chi connectivity index (χ0) is 22.5. The van der Waals surface area contributed by atoms with E-state index in [4.69, 9.17) is 9.73 Å². The lowest BCUT2D eigenvalue weighted by atomic mass is 10.1. The Morgan fingerprint density at radius 3 is 2.38 bits per heavy atom. The van der Waals surface area contributed by atoms with E-state index in [1.54, 1.807) is 23.1 Å². The molecule has 1 saturated heterocycles.